The lowest BCUT2D eigenvalue weighted by atomic mass is 10.2. The van der Waals surface area contributed by atoms with Crippen molar-refractivity contribution in [2.75, 3.05) is 24.3 Å². The van der Waals surface area contributed by atoms with Crippen LogP contribution in [-0.2, 0) is 0 Å². The maximum atomic E-state index is 4.68. The van der Waals surface area contributed by atoms with E-state index in [0.29, 0.717) is 5.95 Å². The normalized spacial score (nSPS) is 11.0. The van der Waals surface area contributed by atoms with Crippen molar-refractivity contribution in [2.45, 2.75) is 6.92 Å². The number of nitrogens with zero attached hydrogens (tertiary/aromatic N) is 4. The predicted octanol–water partition coefficient (Wildman–Crippen LogP) is 3.87. The fourth-order valence-corrected chi connectivity index (χ4v) is 2.81. The molecule has 25 heavy (non-hydrogen) atoms. The molecule has 126 valence electrons. The summed E-state index contributed by atoms with van der Waals surface area (Å²) < 4.78 is 2.08. The SMILES string of the molecule is Cc1cc2c(Nc3cccc(-n4cccc4)c3)nc(N(C)C)nc2[nH]1. The third-order valence-electron chi connectivity index (χ3n) is 4.02. The molecule has 0 unspecified atom stereocenters. The first-order chi connectivity index (χ1) is 12.1. The number of hydrogen-bond donors (Lipinski definition) is 2. The molecule has 0 amide bonds. The number of H-pyrrole nitrogens is 1. The van der Waals surface area contributed by atoms with Crippen LogP contribution in [0.4, 0.5) is 17.5 Å². The van der Waals surface area contributed by atoms with E-state index in [2.05, 4.69) is 43.0 Å². The van der Waals surface area contributed by atoms with E-state index in [1.54, 1.807) is 0 Å². The molecular weight excluding hydrogens is 312 g/mol. The first kappa shape index (κ1) is 15.3. The third kappa shape index (κ3) is 2.94. The molecular formula is C19H20N6. The first-order valence-electron chi connectivity index (χ1n) is 8.15. The minimum atomic E-state index is 0.665. The second kappa shape index (κ2) is 5.98. The van der Waals surface area contributed by atoms with Gasteiger partial charge in [-0.1, -0.05) is 6.07 Å². The maximum Gasteiger partial charge on any atom is 0.228 e. The van der Waals surface area contributed by atoms with Crippen molar-refractivity contribution < 1.29 is 0 Å². The van der Waals surface area contributed by atoms with Crippen molar-refractivity contribution in [3.05, 3.63) is 60.6 Å². The Hall–Kier alpha value is -3.28. The second-order valence-electron chi connectivity index (χ2n) is 6.25. The molecule has 0 aliphatic rings. The van der Waals surface area contributed by atoms with Crippen LogP contribution in [0.1, 0.15) is 5.69 Å². The summed E-state index contributed by atoms with van der Waals surface area (Å²) in [7, 11) is 3.88. The fraction of sp³-hybridized carbons (Fsp3) is 0.158. The van der Waals surface area contributed by atoms with Gasteiger partial charge in [0.25, 0.3) is 0 Å². The van der Waals surface area contributed by atoms with Crippen molar-refractivity contribution in [1.29, 1.82) is 0 Å². The van der Waals surface area contributed by atoms with Crippen LogP contribution < -0.4 is 10.2 Å². The summed E-state index contributed by atoms with van der Waals surface area (Å²) in [6.45, 7) is 2.02. The number of fused-ring (bicyclic) bond motifs is 1. The van der Waals surface area contributed by atoms with Crippen molar-refractivity contribution in [2.24, 2.45) is 0 Å². The van der Waals surface area contributed by atoms with Crippen LogP contribution in [0.15, 0.2) is 54.9 Å². The van der Waals surface area contributed by atoms with Gasteiger partial charge in [0.2, 0.25) is 5.95 Å². The van der Waals surface area contributed by atoms with Gasteiger partial charge in [0.1, 0.15) is 11.5 Å². The average Bonchev–Trinajstić information content (AvgIpc) is 3.23. The highest BCUT2D eigenvalue weighted by Gasteiger charge is 2.12. The van der Waals surface area contributed by atoms with Gasteiger partial charge in [-0.15, -0.1) is 0 Å². The van der Waals surface area contributed by atoms with Gasteiger partial charge >= 0.3 is 0 Å². The Morgan fingerprint density at radius 3 is 2.60 bits per heavy atom. The Labute approximate surface area is 146 Å². The number of nitrogens with one attached hydrogen (secondary N) is 2. The number of aromatic amines is 1. The average molecular weight is 332 g/mol. The molecule has 4 aromatic rings. The van der Waals surface area contributed by atoms with E-state index in [9.17, 15) is 0 Å². The fourth-order valence-electron chi connectivity index (χ4n) is 2.81. The molecule has 0 fully saturated rings. The Kier molecular flexibility index (Phi) is 3.65. The molecule has 2 N–H and O–H groups in total. The largest absolute Gasteiger partial charge is 0.347 e. The van der Waals surface area contributed by atoms with Gasteiger partial charge in [-0.25, -0.2) is 0 Å². The Morgan fingerprint density at radius 2 is 1.84 bits per heavy atom. The van der Waals surface area contributed by atoms with Crippen LogP contribution in [0.5, 0.6) is 0 Å². The molecule has 0 bridgehead atoms. The minimum absolute atomic E-state index is 0.665. The van der Waals surface area contributed by atoms with Gasteiger partial charge in [0.15, 0.2) is 0 Å². The van der Waals surface area contributed by atoms with Crippen LogP contribution in [0.2, 0.25) is 0 Å². The van der Waals surface area contributed by atoms with Crippen molar-refractivity contribution in [1.82, 2.24) is 19.5 Å². The topological polar surface area (TPSA) is 61.8 Å². The highest BCUT2D eigenvalue weighted by Crippen LogP contribution is 2.27. The first-order valence-corrected chi connectivity index (χ1v) is 8.15. The van der Waals surface area contributed by atoms with E-state index in [4.69, 9.17) is 0 Å². The van der Waals surface area contributed by atoms with Gasteiger partial charge < -0.3 is 19.8 Å². The van der Waals surface area contributed by atoms with E-state index in [0.717, 1.165) is 33.9 Å². The Balaban J connectivity index is 1.76. The number of benzene rings is 1. The van der Waals surface area contributed by atoms with E-state index in [1.165, 1.54) is 0 Å². The van der Waals surface area contributed by atoms with Crippen molar-refractivity contribution >= 4 is 28.5 Å². The van der Waals surface area contributed by atoms with E-state index >= 15 is 0 Å². The van der Waals surface area contributed by atoms with Gasteiger partial charge in [-0.3, -0.25) is 0 Å². The lowest BCUT2D eigenvalue weighted by molar-refractivity contribution is 1.01. The summed E-state index contributed by atoms with van der Waals surface area (Å²) in [5.74, 6) is 1.46. The monoisotopic (exact) mass is 332 g/mol. The van der Waals surface area contributed by atoms with Gasteiger partial charge in [0.05, 0.1) is 5.39 Å². The number of aromatic nitrogens is 4. The molecule has 6 nitrogen and oxygen atoms in total. The number of hydrogen-bond acceptors (Lipinski definition) is 4. The number of anilines is 3. The molecule has 0 radical (unpaired) electrons. The predicted molar refractivity (Wildman–Crippen MR) is 102 cm³/mol. The highest BCUT2D eigenvalue weighted by atomic mass is 15.2. The molecule has 6 heteroatoms. The van der Waals surface area contributed by atoms with E-state index < -0.39 is 0 Å². The third-order valence-corrected chi connectivity index (χ3v) is 4.02. The summed E-state index contributed by atoms with van der Waals surface area (Å²) in [6.07, 6.45) is 4.06. The quantitative estimate of drug-likeness (QED) is 0.595. The summed E-state index contributed by atoms with van der Waals surface area (Å²) in [4.78, 5) is 14.4. The molecule has 3 aromatic heterocycles. The van der Waals surface area contributed by atoms with Crippen LogP contribution in [0.25, 0.3) is 16.7 Å². The maximum absolute atomic E-state index is 4.68. The van der Waals surface area contributed by atoms with Gasteiger partial charge in [-0.05, 0) is 43.3 Å². The summed E-state index contributed by atoms with van der Waals surface area (Å²) in [6, 6.07) is 14.3. The molecule has 0 saturated carbocycles. The van der Waals surface area contributed by atoms with Gasteiger partial charge in [0, 0.05) is 43.6 Å². The van der Waals surface area contributed by atoms with Crippen LogP contribution in [-0.4, -0.2) is 33.6 Å². The zero-order chi connectivity index (χ0) is 17.4. The second-order valence-corrected chi connectivity index (χ2v) is 6.25. The number of rotatable bonds is 4. The summed E-state index contributed by atoms with van der Waals surface area (Å²) in [5, 5.41) is 4.43. The molecule has 3 heterocycles. The lowest BCUT2D eigenvalue weighted by Crippen LogP contribution is -2.13. The zero-order valence-corrected chi connectivity index (χ0v) is 14.5. The van der Waals surface area contributed by atoms with Gasteiger partial charge in [-0.2, -0.15) is 9.97 Å². The lowest BCUT2D eigenvalue weighted by Gasteiger charge is -2.14. The van der Waals surface area contributed by atoms with Crippen molar-refractivity contribution in [3.8, 4) is 5.69 Å². The smallest absolute Gasteiger partial charge is 0.228 e. The molecule has 0 aliphatic heterocycles. The summed E-state index contributed by atoms with van der Waals surface area (Å²) >= 11 is 0. The molecule has 4 rings (SSSR count). The molecule has 1 aromatic carbocycles. The molecule has 0 atom stereocenters. The van der Waals surface area contributed by atoms with Crippen LogP contribution in [0, 0.1) is 6.92 Å². The van der Waals surface area contributed by atoms with Crippen LogP contribution in [0.3, 0.4) is 0 Å². The van der Waals surface area contributed by atoms with E-state index in [-0.39, 0.29) is 0 Å². The van der Waals surface area contributed by atoms with Crippen molar-refractivity contribution in [3.63, 3.8) is 0 Å². The van der Waals surface area contributed by atoms with E-state index in [1.807, 2.05) is 62.6 Å². The Bertz CT molecular complexity index is 1010. The summed E-state index contributed by atoms with van der Waals surface area (Å²) in [5.41, 5.74) is 3.97. The molecule has 0 spiro atoms. The highest BCUT2D eigenvalue weighted by molar-refractivity contribution is 5.90. The number of aryl methyl sites for hydroxylation is 1. The Morgan fingerprint density at radius 1 is 1.04 bits per heavy atom. The molecule has 0 saturated heterocycles. The standard InChI is InChI=1S/C19H20N6/c1-13-11-16-17(20-13)22-19(24(2)3)23-18(16)21-14-7-6-8-15(12-14)25-9-4-5-10-25/h4-12H,1-3H3,(H2,20,21,22,23). The van der Waals surface area contributed by atoms with Crippen LogP contribution >= 0.6 is 0 Å². The zero-order valence-electron chi connectivity index (χ0n) is 14.5. The molecule has 0 aliphatic carbocycles. The minimum Gasteiger partial charge on any atom is -0.347 e.